The van der Waals surface area contributed by atoms with Crippen molar-refractivity contribution in [3.8, 4) is 0 Å². The van der Waals surface area contributed by atoms with E-state index in [2.05, 4.69) is 10.4 Å². The van der Waals surface area contributed by atoms with Crippen molar-refractivity contribution >= 4 is 11.4 Å². The highest BCUT2D eigenvalue weighted by atomic mass is 16.3. The number of nitrogens with one attached hydrogen (secondary N) is 1. The van der Waals surface area contributed by atoms with Gasteiger partial charge < -0.3 is 0 Å². The van der Waals surface area contributed by atoms with Crippen molar-refractivity contribution in [2.24, 2.45) is 0 Å². The fraction of sp³-hybridized carbons (Fsp3) is 0. The summed E-state index contributed by atoms with van der Waals surface area (Å²) in [7, 11) is 0. The van der Waals surface area contributed by atoms with E-state index in [9.17, 15) is 4.91 Å². The molecule has 0 aliphatic rings. The van der Waals surface area contributed by atoms with E-state index in [1.165, 1.54) is 0 Å². The van der Waals surface area contributed by atoms with Crippen LogP contribution >= 0.6 is 0 Å². The molecule has 1 N–H and O–H groups in total. The van der Waals surface area contributed by atoms with Gasteiger partial charge in [0.15, 0.2) is 4.87 Å². The van der Waals surface area contributed by atoms with E-state index in [1.54, 1.807) is 36.7 Å². The largest absolute Gasteiger partial charge is 0.292 e. The highest BCUT2D eigenvalue weighted by Crippen LogP contribution is 2.11. The number of hydrogen-bond acceptors (Lipinski definition) is 2. The van der Waals surface area contributed by atoms with Gasteiger partial charge in [-0.3, -0.25) is 4.98 Å². The average molecular weight is 200 g/mol. The quantitative estimate of drug-likeness (QED) is 0.611. The summed E-state index contributed by atoms with van der Waals surface area (Å²) >= 11 is 0. The second-order valence-corrected chi connectivity index (χ2v) is 2.98. The molecule has 15 heavy (non-hydrogen) atoms. The first-order chi connectivity index (χ1) is 7.36. The topological polar surface area (TPSA) is 45.0 Å². The van der Waals surface area contributed by atoms with Gasteiger partial charge in [-0.1, -0.05) is 18.2 Å². The molecule has 0 aliphatic heterocycles. The molecule has 4 heteroatoms. The minimum atomic E-state index is 0.557. The Morgan fingerprint density at radius 2 is 1.87 bits per heavy atom. The van der Waals surface area contributed by atoms with Gasteiger partial charge in [-0.2, -0.15) is 0 Å². The number of hydrazine groups is 1. The minimum Gasteiger partial charge on any atom is -0.262 e. The van der Waals surface area contributed by atoms with E-state index in [0.29, 0.717) is 16.2 Å². The SMILES string of the molecule is O=[N+](Nc1cccnc1)c1ccccc1. The van der Waals surface area contributed by atoms with E-state index in [-0.39, 0.29) is 0 Å². The van der Waals surface area contributed by atoms with Crippen LogP contribution in [0, 0.1) is 4.91 Å². The zero-order valence-corrected chi connectivity index (χ0v) is 8.00. The molecule has 0 saturated heterocycles. The zero-order chi connectivity index (χ0) is 10.5. The Kier molecular flexibility index (Phi) is 2.69. The predicted octanol–water partition coefficient (Wildman–Crippen LogP) is 2.52. The van der Waals surface area contributed by atoms with Gasteiger partial charge in [0.05, 0.1) is 11.1 Å². The van der Waals surface area contributed by atoms with Crippen LogP contribution in [-0.2, 0) is 0 Å². The summed E-state index contributed by atoms with van der Waals surface area (Å²) < 4.78 is 0. The summed E-state index contributed by atoms with van der Waals surface area (Å²) in [6.45, 7) is 0. The molecule has 0 atom stereocenters. The summed E-state index contributed by atoms with van der Waals surface area (Å²) in [5.41, 5.74) is 3.89. The van der Waals surface area contributed by atoms with Crippen LogP contribution in [0.3, 0.4) is 0 Å². The number of para-hydroxylation sites is 1. The summed E-state index contributed by atoms with van der Waals surface area (Å²) in [5, 5.41) is 0. The second kappa shape index (κ2) is 4.32. The lowest BCUT2D eigenvalue weighted by Gasteiger charge is -1.95. The third kappa shape index (κ3) is 2.37. The number of pyridine rings is 1. The molecule has 0 unspecified atom stereocenters. The second-order valence-electron chi connectivity index (χ2n) is 2.98. The smallest absolute Gasteiger partial charge is 0.262 e. The van der Waals surface area contributed by atoms with Gasteiger partial charge in [-0.15, -0.1) is 5.43 Å². The number of aromatic nitrogens is 1. The van der Waals surface area contributed by atoms with Crippen LogP contribution in [-0.4, -0.2) is 9.85 Å². The Labute approximate surface area is 87.1 Å². The highest BCUT2D eigenvalue weighted by Gasteiger charge is 2.12. The summed E-state index contributed by atoms with van der Waals surface area (Å²) in [6.07, 6.45) is 3.25. The van der Waals surface area contributed by atoms with Crippen LogP contribution in [0.1, 0.15) is 0 Å². The van der Waals surface area contributed by atoms with E-state index < -0.39 is 0 Å². The lowest BCUT2D eigenvalue weighted by Crippen LogP contribution is -2.09. The van der Waals surface area contributed by atoms with Crippen LogP contribution in [0.4, 0.5) is 11.4 Å². The van der Waals surface area contributed by atoms with Crippen molar-refractivity contribution in [1.82, 2.24) is 4.98 Å². The molecule has 2 aromatic rings. The molecular weight excluding hydrogens is 190 g/mol. The standard InChI is InChI=1S/C11H10N3O/c15-14(11-6-2-1-3-7-11)13-10-5-4-8-12-9-10/h1-9H,(H,13,15)/q+1. The maximum atomic E-state index is 11.6. The number of nitrogens with zero attached hydrogens (tertiary/aromatic N) is 2. The molecule has 0 radical (unpaired) electrons. The van der Waals surface area contributed by atoms with Gasteiger partial charge >= 0.3 is 0 Å². The van der Waals surface area contributed by atoms with Gasteiger partial charge in [-0.25, -0.2) is 0 Å². The lowest BCUT2D eigenvalue weighted by molar-refractivity contribution is -0.427. The van der Waals surface area contributed by atoms with Gasteiger partial charge in [0.25, 0.3) is 5.69 Å². The van der Waals surface area contributed by atoms with Crippen molar-refractivity contribution < 1.29 is 4.87 Å². The molecule has 0 amide bonds. The maximum Gasteiger partial charge on any atom is 0.292 e. The van der Waals surface area contributed by atoms with E-state index in [4.69, 9.17) is 0 Å². The fourth-order valence-corrected chi connectivity index (χ4v) is 1.17. The Bertz CT molecular complexity index is 442. The Morgan fingerprint density at radius 3 is 2.53 bits per heavy atom. The Hall–Kier alpha value is -2.23. The fourth-order valence-electron chi connectivity index (χ4n) is 1.17. The molecule has 74 valence electrons. The van der Waals surface area contributed by atoms with Crippen molar-refractivity contribution in [3.63, 3.8) is 0 Å². The molecule has 1 heterocycles. The number of nitroso groups, excluding NO2 is 1. The average Bonchev–Trinajstić information content (AvgIpc) is 2.31. The summed E-state index contributed by atoms with van der Waals surface area (Å²) in [5.74, 6) is 0. The monoisotopic (exact) mass is 200 g/mol. The van der Waals surface area contributed by atoms with Crippen molar-refractivity contribution in [1.29, 1.82) is 0 Å². The Balaban J connectivity index is 2.12. The first kappa shape index (κ1) is 9.33. The number of rotatable bonds is 3. The first-order valence-electron chi connectivity index (χ1n) is 4.55. The Morgan fingerprint density at radius 1 is 1.07 bits per heavy atom. The van der Waals surface area contributed by atoms with Crippen LogP contribution < -0.4 is 5.43 Å². The minimum absolute atomic E-state index is 0.557. The van der Waals surface area contributed by atoms with Crippen LogP contribution in [0.5, 0.6) is 0 Å². The highest BCUT2D eigenvalue weighted by molar-refractivity contribution is 5.38. The molecule has 4 nitrogen and oxygen atoms in total. The van der Waals surface area contributed by atoms with E-state index in [1.807, 2.05) is 18.2 Å². The number of anilines is 1. The summed E-state index contributed by atoms with van der Waals surface area (Å²) in [6, 6.07) is 12.5. The molecule has 1 aromatic heterocycles. The molecule has 0 saturated carbocycles. The van der Waals surface area contributed by atoms with Gasteiger partial charge in [0.2, 0.25) is 0 Å². The van der Waals surface area contributed by atoms with Crippen molar-refractivity contribution in [3.05, 3.63) is 59.8 Å². The first-order valence-corrected chi connectivity index (χ1v) is 4.55. The molecule has 0 aliphatic carbocycles. The predicted molar refractivity (Wildman–Crippen MR) is 57.6 cm³/mol. The molecule has 1 aromatic carbocycles. The van der Waals surface area contributed by atoms with Gasteiger partial charge in [0.1, 0.15) is 5.69 Å². The lowest BCUT2D eigenvalue weighted by atomic mass is 10.3. The normalized spacial score (nSPS) is 9.60. The van der Waals surface area contributed by atoms with Crippen molar-refractivity contribution in [2.45, 2.75) is 0 Å². The third-order valence-electron chi connectivity index (χ3n) is 1.88. The molecular formula is C11H10N3O+. The maximum absolute atomic E-state index is 11.6. The van der Waals surface area contributed by atoms with Crippen LogP contribution in [0.2, 0.25) is 0 Å². The van der Waals surface area contributed by atoms with E-state index >= 15 is 0 Å². The number of benzene rings is 1. The van der Waals surface area contributed by atoms with Crippen molar-refractivity contribution in [2.75, 3.05) is 5.43 Å². The van der Waals surface area contributed by atoms with Gasteiger partial charge in [0, 0.05) is 18.3 Å². The van der Waals surface area contributed by atoms with Crippen LogP contribution in [0.15, 0.2) is 54.9 Å². The molecule has 0 fully saturated rings. The third-order valence-corrected chi connectivity index (χ3v) is 1.88. The van der Waals surface area contributed by atoms with E-state index in [0.717, 1.165) is 0 Å². The van der Waals surface area contributed by atoms with Gasteiger partial charge in [-0.05, 0) is 12.1 Å². The molecule has 2 rings (SSSR count). The zero-order valence-electron chi connectivity index (χ0n) is 8.00. The number of hydrogen-bond donors (Lipinski definition) is 1. The van der Waals surface area contributed by atoms with Crippen LogP contribution in [0.25, 0.3) is 0 Å². The molecule has 0 bridgehead atoms. The summed E-state index contributed by atoms with van der Waals surface area (Å²) in [4.78, 5) is 16.2. The molecule has 0 spiro atoms.